The van der Waals surface area contributed by atoms with Gasteiger partial charge in [-0.2, -0.15) is 0 Å². The van der Waals surface area contributed by atoms with E-state index in [1.807, 2.05) is 11.3 Å². The number of rotatable bonds is 3. The van der Waals surface area contributed by atoms with E-state index >= 15 is 0 Å². The maximum atomic E-state index is 6.92. The number of anilines is 3. The Morgan fingerprint density at radius 3 is 1.81 bits per heavy atom. The van der Waals surface area contributed by atoms with Gasteiger partial charge in [0.25, 0.3) is 6.71 Å². The van der Waals surface area contributed by atoms with Gasteiger partial charge >= 0.3 is 0 Å². The van der Waals surface area contributed by atoms with Gasteiger partial charge in [0, 0.05) is 37.7 Å². The fraction of sp³-hybridized carbons (Fsp3) is 0.0476. The molecular weight excluding hydrogens is 593 g/mol. The molecule has 0 bridgehead atoms. The summed E-state index contributed by atoms with van der Waals surface area (Å²) in [5.41, 5.74) is 9.35. The molecule has 0 aliphatic carbocycles. The largest absolute Gasteiger partial charge is 0.458 e. The molecule has 0 radical (unpaired) electrons. The Labute approximate surface area is 277 Å². The van der Waals surface area contributed by atoms with Crippen molar-refractivity contribution < 1.29 is 9.47 Å². The maximum absolute atomic E-state index is 6.92. The highest BCUT2D eigenvalue weighted by atomic mass is 32.1. The first kappa shape index (κ1) is 26.7. The van der Waals surface area contributed by atoms with Gasteiger partial charge in [-0.15, -0.1) is 11.3 Å². The Balaban J connectivity index is 1.29. The summed E-state index contributed by atoms with van der Waals surface area (Å²) in [5.74, 6) is 3.63. The van der Waals surface area contributed by atoms with Crippen LogP contribution in [0.25, 0.3) is 30.9 Å². The molecule has 8 aromatic rings. The second-order valence-corrected chi connectivity index (χ2v) is 13.7. The van der Waals surface area contributed by atoms with E-state index < -0.39 is 0 Å². The van der Waals surface area contributed by atoms with E-state index in [0.717, 1.165) is 55.6 Å². The number of hydrogen-bond acceptors (Lipinski definition) is 4. The third kappa shape index (κ3) is 3.93. The zero-order valence-corrected chi connectivity index (χ0v) is 26.8. The number of thiophene rings is 1. The Kier molecular flexibility index (Phi) is 5.67. The van der Waals surface area contributed by atoms with Crippen LogP contribution in [0.1, 0.15) is 11.1 Å². The van der Waals surface area contributed by atoms with Gasteiger partial charge in [0.2, 0.25) is 0 Å². The van der Waals surface area contributed by atoms with Crippen LogP contribution in [0, 0.1) is 13.8 Å². The molecule has 0 amide bonds. The quantitative estimate of drug-likeness (QED) is 0.183. The summed E-state index contributed by atoms with van der Waals surface area (Å²) in [6.45, 7) is 4.35. The van der Waals surface area contributed by atoms with Crippen molar-refractivity contribution in [2.45, 2.75) is 13.8 Å². The number of hydrogen-bond donors (Lipinski definition) is 0. The molecule has 0 spiro atoms. The number of aryl methyl sites for hydroxylation is 2. The first-order valence-corrected chi connectivity index (χ1v) is 16.9. The minimum absolute atomic E-state index is 0.0425. The van der Waals surface area contributed by atoms with Crippen LogP contribution in [0.2, 0.25) is 0 Å². The van der Waals surface area contributed by atoms with Crippen molar-refractivity contribution in [2.75, 3.05) is 4.90 Å². The second kappa shape index (κ2) is 9.99. The summed E-state index contributed by atoms with van der Waals surface area (Å²) in [6.07, 6.45) is 0. The SMILES string of the molecule is Cc1ccc2c(c1)B1c3cc(C)ccc3Oc3c1c(cc1c3sc3cc(N(c4ccccc4)c4ccccc4)c4ccccc4c31)O2. The summed E-state index contributed by atoms with van der Waals surface area (Å²) in [4.78, 5) is 2.37. The molecule has 10 rings (SSSR count). The lowest BCUT2D eigenvalue weighted by molar-refractivity contribution is 0.469. The Morgan fingerprint density at radius 1 is 0.553 bits per heavy atom. The number of benzene rings is 7. The maximum Gasteiger partial charge on any atom is 0.260 e. The van der Waals surface area contributed by atoms with Crippen molar-refractivity contribution >= 4 is 82.4 Å². The standard InChI is InChI=1S/C42H28BNO2S/c1-25-17-19-35-32(21-25)43-33-22-26(2)18-20-36(33)46-41-40(43)37(45-35)23-31-39-30-16-10-9-15-29(30)34(24-38(39)47-42(31)41)44(27-11-5-3-6-12-27)28-13-7-4-8-14-28/h3-24H,1-2H3. The molecule has 1 aromatic heterocycles. The van der Waals surface area contributed by atoms with Crippen LogP contribution in [0.15, 0.2) is 133 Å². The molecule has 0 saturated heterocycles. The number of nitrogens with zero attached hydrogens (tertiary/aromatic N) is 1. The van der Waals surface area contributed by atoms with Crippen LogP contribution in [0.5, 0.6) is 23.0 Å². The average Bonchev–Trinajstić information content (AvgIpc) is 3.48. The van der Waals surface area contributed by atoms with Crippen molar-refractivity contribution in [1.29, 1.82) is 0 Å². The van der Waals surface area contributed by atoms with E-state index in [2.05, 4.69) is 152 Å². The Bertz CT molecular complexity index is 2510. The van der Waals surface area contributed by atoms with Crippen LogP contribution < -0.4 is 30.8 Å². The normalized spacial score (nSPS) is 12.8. The van der Waals surface area contributed by atoms with E-state index in [1.165, 1.54) is 42.9 Å². The minimum Gasteiger partial charge on any atom is -0.458 e. The third-order valence-electron chi connectivity index (χ3n) is 9.65. The first-order chi connectivity index (χ1) is 23.1. The zero-order valence-electron chi connectivity index (χ0n) is 26.0. The lowest BCUT2D eigenvalue weighted by Gasteiger charge is -2.33. The van der Waals surface area contributed by atoms with Gasteiger partial charge in [0.15, 0.2) is 0 Å². The average molecular weight is 622 g/mol. The van der Waals surface area contributed by atoms with Gasteiger partial charge in [0.1, 0.15) is 23.0 Å². The molecule has 0 saturated carbocycles. The van der Waals surface area contributed by atoms with Gasteiger partial charge in [-0.1, -0.05) is 96.1 Å². The number of fused-ring (bicyclic) bond motifs is 10. The first-order valence-electron chi connectivity index (χ1n) is 16.0. The lowest BCUT2D eigenvalue weighted by Crippen LogP contribution is -2.57. The molecule has 3 heterocycles. The van der Waals surface area contributed by atoms with Crippen LogP contribution in [0.3, 0.4) is 0 Å². The third-order valence-corrected chi connectivity index (χ3v) is 10.8. The van der Waals surface area contributed by atoms with Gasteiger partial charge in [-0.05, 0) is 78.7 Å². The molecule has 0 atom stereocenters. The fourth-order valence-corrected chi connectivity index (χ4v) is 8.85. The van der Waals surface area contributed by atoms with Gasteiger partial charge < -0.3 is 14.4 Å². The molecule has 0 N–H and O–H groups in total. The van der Waals surface area contributed by atoms with Crippen LogP contribution in [-0.2, 0) is 0 Å². The van der Waals surface area contributed by atoms with Gasteiger partial charge in [-0.3, -0.25) is 0 Å². The predicted octanol–water partition coefficient (Wildman–Crippen LogP) is 10.0. The summed E-state index contributed by atoms with van der Waals surface area (Å²) in [6, 6.07) is 47.8. The molecular formula is C42H28BNO2S. The Morgan fingerprint density at radius 2 is 1.15 bits per heavy atom. The van der Waals surface area contributed by atoms with E-state index in [4.69, 9.17) is 9.47 Å². The molecule has 0 fully saturated rings. The lowest BCUT2D eigenvalue weighted by atomic mass is 9.34. The van der Waals surface area contributed by atoms with Crippen molar-refractivity contribution in [3.05, 3.63) is 145 Å². The number of ether oxygens (including phenoxy) is 2. The Hall–Kier alpha value is -5.52. The monoisotopic (exact) mass is 621 g/mol. The van der Waals surface area contributed by atoms with E-state index in [1.54, 1.807) is 0 Å². The summed E-state index contributed by atoms with van der Waals surface area (Å²) in [5, 5.41) is 4.81. The van der Waals surface area contributed by atoms with Crippen molar-refractivity contribution in [3.63, 3.8) is 0 Å². The molecule has 2 aliphatic rings. The number of para-hydroxylation sites is 2. The van der Waals surface area contributed by atoms with E-state index in [9.17, 15) is 0 Å². The van der Waals surface area contributed by atoms with Gasteiger partial charge in [0.05, 0.1) is 10.4 Å². The molecule has 5 heteroatoms. The molecule has 2 aliphatic heterocycles. The molecule has 7 aromatic carbocycles. The highest BCUT2D eigenvalue weighted by molar-refractivity contribution is 7.26. The van der Waals surface area contributed by atoms with E-state index in [0.29, 0.717) is 0 Å². The second-order valence-electron chi connectivity index (χ2n) is 12.6. The van der Waals surface area contributed by atoms with Crippen LogP contribution >= 0.6 is 11.3 Å². The molecule has 3 nitrogen and oxygen atoms in total. The van der Waals surface area contributed by atoms with Crippen LogP contribution in [0.4, 0.5) is 17.1 Å². The minimum atomic E-state index is 0.0425. The van der Waals surface area contributed by atoms with Crippen LogP contribution in [-0.4, -0.2) is 6.71 Å². The summed E-state index contributed by atoms with van der Waals surface area (Å²) in [7, 11) is 0. The fourth-order valence-electron chi connectivity index (χ4n) is 7.62. The van der Waals surface area contributed by atoms with Crippen molar-refractivity contribution in [2.24, 2.45) is 0 Å². The molecule has 0 unspecified atom stereocenters. The summed E-state index contributed by atoms with van der Waals surface area (Å²) < 4.78 is 16.0. The highest BCUT2D eigenvalue weighted by Gasteiger charge is 2.41. The molecule has 47 heavy (non-hydrogen) atoms. The van der Waals surface area contributed by atoms with E-state index in [-0.39, 0.29) is 6.71 Å². The van der Waals surface area contributed by atoms with Gasteiger partial charge in [-0.25, -0.2) is 0 Å². The zero-order chi connectivity index (χ0) is 31.2. The topological polar surface area (TPSA) is 21.7 Å². The smallest absolute Gasteiger partial charge is 0.260 e. The summed E-state index contributed by atoms with van der Waals surface area (Å²) >= 11 is 1.81. The van der Waals surface area contributed by atoms with Crippen molar-refractivity contribution in [3.8, 4) is 23.0 Å². The highest BCUT2D eigenvalue weighted by Crippen LogP contribution is 2.50. The van der Waals surface area contributed by atoms with Crippen molar-refractivity contribution in [1.82, 2.24) is 0 Å². The molecule has 222 valence electrons. The predicted molar refractivity (Wildman–Crippen MR) is 199 cm³/mol.